The third-order valence-electron chi connectivity index (χ3n) is 2.77. The first-order chi connectivity index (χ1) is 7.70. The molecule has 0 atom stereocenters. The van der Waals surface area contributed by atoms with Crippen molar-refractivity contribution in [3.63, 3.8) is 0 Å². The van der Waals surface area contributed by atoms with Crippen LogP contribution in [0.4, 0.5) is 0 Å². The van der Waals surface area contributed by atoms with E-state index >= 15 is 0 Å². The second-order valence-corrected chi connectivity index (χ2v) is 7.60. The van der Waals surface area contributed by atoms with Gasteiger partial charge in [-0.15, -0.1) is 11.3 Å². The molecule has 0 amide bonds. The standard InChI is InChI=1S/C14H26N2S/c1-11-12(17-10-15-11)7-8-16-14(5,6)9-13(2,3)4/h10,16H,7-9H2,1-6H3. The van der Waals surface area contributed by atoms with Gasteiger partial charge >= 0.3 is 0 Å². The molecule has 0 fully saturated rings. The average Bonchev–Trinajstić information content (AvgIpc) is 2.47. The van der Waals surface area contributed by atoms with Crippen LogP contribution in [0.3, 0.4) is 0 Å². The zero-order valence-electron chi connectivity index (χ0n) is 12.1. The number of aryl methyl sites for hydroxylation is 1. The Kier molecular flexibility index (Phi) is 4.73. The molecule has 0 radical (unpaired) electrons. The van der Waals surface area contributed by atoms with E-state index in [1.54, 1.807) is 11.3 Å². The third-order valence-corrected chi connectivity index (χ3v) is 3.77. The van der Waals surface area contributed by atoms with Crippen molar-refractivity contribution in [3.05, 3.63) is 16.1 Å². The van der Waals surface area contributed by atoms with Gasteiger partial charge in [0.15, 0.2) is 0 Å². The first-order valence-electron chi connectivity index (χ1n) is 6.34. The molecule has 1 aromatic rings. The Hall–Kier alpha value is -0.410. The highest BCUT2D eigenvalue weighted by atomic mass is 32.1. The molecular formula is C14H26N2S. The maximum atomic E-state index is 4.28. The molecule has 1 N–H and O–H groups in total. The minimum atomic E-state index is 0.205. The zero-order valence-corrected chi connectivity index (χ0v) is 12.9. The summed E-state index contributed by atoms with van der Waals surface area (Å²) < 4.78 is 0. The van der Waals surface area contributed by atoms with Crippen LogP contribution in [0.1, 0.15) is 51.6 Å². The molecule has 0 bridgehead atoms. The van der Waals surface area contributed by atoms with E-state index in [9.17, 15) is 0 Å². The van der Waals surface area contributed by atoms with Crippen LogP contribution in [0.15, 0.2) is 5.51 Å². The molecule has 0 spiro atoms. The fraction of sp³-hybridized carbons (Fsp3) is 0.786. The van der Waals surface area contributed by atoms with Crippen molar-refractivity contribution in [3.8, 4) is 0 Å². The highest BCUT2D eigenvalue weighted by Gasteiger charge is 2.24. The summed E-state index contributed by atoms with van der Waals surface area (Å²) in [5.74, 6) is 0. The number of hydrogen-bond acceptors (Lipinski definition) is 3. The fourth-order valence-corrected chi connectivity index (χ4v) is 3.25. The Balaban J connectivity index is 2.38. The molecule has 0 aliphatic rings. The van der Waals surface area contributed by atoms with E-state index in [1.165, 1.54) is 17.0 Å². The van der Waals surface area contributed by atoms with Crippen molar-refractivity contribution in [2.24, 2.45) is 5.41 Å². The van der Waals surface area contributed by atoms with E-state index in [4.69, 9.17) is 0 Å². The van der Waals surface area contributed by atoms with E-state index in [0.29, 0.717) is 5.41 Å². The maximum absolute atomic E-state index is 4.28. The summed E-state index contributed by atoms with van der Waals surface area (Å²) in [6.45, 7) is 14.6. The zero-order chi connectivity index (χ0) is 13.1. The lowest BCUT2D eigenvalue weighted by atomic mass is 9.82. The van der Waals surface area contributed by atoms with Gasteiger partial charge in [0.1, 0.15) is 0 Å². The number of nitrogens with one attached hydrogen (secondary N) is 1. The summed E-state index contributed by atoms with van der Waals surface area (Å²) in [5, 5.41) is 3.66. The first-order valence-corrected chi connectivity index (χ1v) is 7.22. The van der Waals surface area contributed by atoms with Crippen LogP contribution >= 0.6 is 11.3 Å². The van der Waals surface area contributed by atoms with Gasteiger partial charge in [0.25, 0.3) is 0 Å². The Labute approximate surface area is 110 Å². The number of hydrogen-bond donors (Lipinski definition) is 1. The van der Waals surface area contributed by atoms with Crippen molar-refractivity contribution in [1.82, 2.24) is 10.3 Å². The molecule has 0 aliphatic heterocycles. The van der Waals surface area contributed by atoms with Gasteiger partial charge in [-0.2, -0.15) is 0 Å². The summed E-state index contributed by atoms with van der Waals surface area (Å²) >= 11 is 1.76. The Bertz CT molecular complexity index is 347. The van der Waals surface area contributed by atoms with E-state index in [-0.39, 0.29) is 5.54 Å². The lowest BCUT2D eigenvalue weighted by Gasteiger charge is -2.33. The molecule has 1 rings (SSSR count). The summed E-state index contributed by atoms with van der Waals surface area (Å²) in [7, 11) is 0. The monoisotopic (exact) mass is 254 g/mol. The molecule has 1 heterocycles. The summed E-state index contributed by atoms with van der Waals surface area (Å²) in [6.07, 6.45) is 2.27. The number of thiazole rings is 1. The van der Waals surface area contributed by atoms with Crippen LogP contribution in [-0.2, 0) is 6.42 Å². The minimum absolute atomic E-state index is 0.205. The predicted octanol–water partition coefficient (Wildman–Crippen LogP) is 3.80. The molecule has 0 saturated carbocycles. The third kappa shape index (κ3) is 5.64. The number of aromatic nitrogens is 1. The van der Waals surface area contributed by atoms with Gasteiger partial charge in [0.2, 0.25) is 0 Å². The van der Waals surface area contributed by atoms with Crippen LogP contribution in [0.5, 0.6) is 0 Å². The van der Waals surface area contributed by atoms with Crippen molar-refractivity contribution in [2.45, 2.75) is 59.9 Å². The van der Waals surface area contributed by atoms with Crippen molar-refractivity contribution < 1.29 is 0 Å². The smallest absolute Gasteiger partial charge is 0.0797 e. The Morgan fingerprint density at radius 3 is 2.35 bits per heavy atom. The van der Waals surface area contributed by atoms with Crippen molar-refractivity contribution >= 4 is 11.3 Å². The van der Waals surface area contributed by atoms with Crippen molar-refractivity contribution in [1.29, 1.82) is 0 Å². The van der Waals surface area contributed by atoms with Gasteiger partial charge in [-0.25, -0.2) is 4.98 Å². The van der Waals surface area contributed by atoms with E-state index in [0.717, 1.165) is 13.0 Å². The Morgan fingerprint density at radius 2 is 1.88 bits per heavy atom. The lowest BCUT2D eigenvalue weighted by molar-refractivity contribution is 0.243. The van der Waals surface area contributed by atoms with Crippen LogP contribution in [0.25, 0.3) is 0 Å². The molecule has 1 aromatic heterocycles. The van der Waals surface area contributed by atoms with E-state index < -0.39 is 0 Å². The van der Waals surface area contributed by atoms with Gasteiger partial charge in [-0.1, -0.05) is 20.8 Å². The molecule has 3 heteroatoms. The van der Waals surface area contributed by atoms with Crippen LogP contribution in [-0.4, -0.2) is 17.1 Å². The normalized spacial score (nSPS) is 13.1. The predicted molar refractivity (Wildman–Crippen MR) is 76.7 cm³/mol. The molecule has 17 heavy (non-hydrogen) atoms. The van der Waals surface area contributed by atoms with Gasteiger partial charge in [-0.3, -0.25) is 0 Å². The highest BCUT2D eigenvalue weighted by Crippen LogP contribution is 2.26. The van der Waals surface area contributed by atoms with Gasteiger partial charge in [-0.05, 0) is 39.0 Å². The fourth-order valence-electron chi connectivity index (χ4n) is 2.47. The first kappa shape index (κ1) is 14.7. The molecule has 0 unspecified atom stereocenters. The molecule has 0 aromatic carbocycles. The lowest BCUT2D eigenvalue weighted by Crippen LogP contribution is -2.43. The largest absolute Gasteiger partial charge is 0.311 e. The topological polar surface area (TPSA) is 24.9 Å². The Morgan fingerprint density at radius 1 is 1.24 bits per heavy atom. The second kappa shape index (κ2) is 5.49. The summed E-state index contributed by atoms with van der Waals surface area (Å²) in [4.78, 5) is 5.69. The molecule has 2 nitrogen and oxygen atoms in total. The van der Waals surface area contributed by atoms with Crippen LogP contribution in [0.2, 0.25) is 0 Å². The SMILES string of the molecule is Cc1ncsc1CCNC(C)(C)CC(C)(C)C. The molecule has 98 valence electrons. The van der Waals surface area contributed by atoms with Crippen LogP contribution < -0.4 is 5.32 Å². The quantitative estimate of drug-likeness (QED) is 0.864. The average molecular weight is 254 g/mol. The number of nitrogens with zero attached hydrogens (tertiary/aromatic N) is 1. The van der Waals surface area contributed by atoms with Crippen LogP contribution in [0, 0.1) is 12.3 Å². The second-order valence-electron chi connectivity index (χ2n) is 6.66. The molecular weight excluding hydrogens is 228 g/mol. The van der Waals surface area contributed by atoms with Gasteiger partial charge < -0.3 is 5.32 Å². The van der Waals surface area contributed by atoms with E-state index in [1.807, 2.05) is 5.51 Å². The summed E-state index contributed by atoms with van der Waals surface area (Å²) in [6, 6.07) is 0. The molecule has 0 saturated heterocycles. The van der Waals surface area contributed by atoms with E-state index in [2.05, 4.69) is 51.8 Å². The number of rotatable bonds is 5. The molecule has 0 aliphatic carbocycles. The highest BCUT2D eigenvalue weighted by molar-refractivity contribution is 7.09. The van der Waals surface area contributed by atoms with Gasteiger partial charge in [0, 0.05) is 17.0 Å². The van der Waals surface area contributed by atoms with Crippen molar-refractivity contribution in [2.75, 3.05) is 6.54 Å². The minimum Gasteiger partial charge on any atom is -0.311 e. The summed E-state index contributed by atoms with van der Waals surface area (Å²) in [5.41, 5.74) is 3.70. The maximum Gasteiger partial charge on any atom is 0.0797 e. The van der Waals surface area contributed by atoms with Gasteiger partial charge in [0.05, 0.1) is 11.2 Å².